The second-order valence-corrected chi connectivity index (χ2v) is 5.00. The van der Waals surface area contributed by atoms with Gasteiger partial charge in [0.1, 0.15) is 0 Å². The van der Waals surface area contributed by atoms with E-state index in [-0.39, 0.29) is 6.61 Å². The van der Waals surface area contributed by atoms with E-state index >= 15 is 0 Å². The van der Waals surface area contributed by atoms with Crippen molar-refractivity contribution in [3.8, 4) is 11.5 Å². The van der Waals surface area contributed by atoms with E-state index in [9.17, 15) is 27.9 Å². The maximum absolute atomic E-state index is 12.4. The topological polar surface area (TPSA) is 84.9 Å². The van der Waals surface area contributed by atoms with Gasteiger partial charge in [0, 0.05) is 6.04 Å². The summed E-state index contributed by atoms with van der Waals surface area (Å²) in [6, 6.07) is 2.52. The number of ether oxygens (including phenoxy) is 2. The molecule has 1 amide bonds. The Balaban J connectivity index is 2.96. The van der Waals surface area contributed by atoms with E-state index < -0.39 is 47.3 Å². The zero-order chi connectivity index (χ0) is 18.5. The quantitative estimate of drug-likeness (QED) is 0.771. The molecule has 6 nitrogen and oxygen atoms in total. The van der Waals surface area contributed by atoms with Crippen molar-refractivity contribution in [1.82, 2.24) is 5.32 Å². The fourth-order valence-electron chi connectivity index (χ4n) is 1.81. The highest BCUT2D eigenvalue weighted by atomic mass is 19.4. The number of hydrogen-bond donors (Lipinski definition) is 2. The Hall–Kier alpha value is -2.45. The van der Waals surface area contributed by atoms with Gasteiger partial charge in [-0.05, 0) is 32.9 Å². The molecule has 0 aliphatic heterocycles. The maximum Gasteiger partial charge on any atom is 0.573 e. The number of halogens is 3. The summed E-state index contributed by atoms with van der Waals surface area (Å²) < 4.78 is 45.8. The Morgan fingerprint density at radius 1 is 1.29 bits per heavy atom. The molecule has 0 aromatic heterocycles. The molecule has 0 radical (unpaired) electrons. The zero-order valence-corrected chi connectivity index (χ0v) is 13.3. The zero-order valence-electron chi connectivity index (χ0n) is 13.3. The van der Waals surface area contributed by atoms with Crippen molar-refractivity contribution in [2.45, 2.75) is 33.2 Å². The van der Waals surface area contributed by atoms with Crippen LogP contribution in [-0.4, -0.2) is 36.0 Å². The Bertz CT molecular complexity index is 603. The monoisotopic (exact) mass is 349 g/mol. The first-order chi connectivity index (χ1) is 11.1. The van der Waals surface area contributed by atoms with Gasteiger partial charge in [-0.25, -0.2) is 0 Å². The van der Waals surface area contributed by atoms with Crippen molar-refractivity contribution in [1.29, 1.82) is 0 Å². The molecule has 0 saturated heterocycles. The van der Waals surface area contributed by atoms with Gasteiger partial charge in [0.25, 0.3) is 5.91 Å². The molecule has 2 N–H and O–H groups in total. The summed E-state index contributed by atoms with van der Waals surface area (Å²) in [4.78, 5) is 23.8. The Morgan fingerprint density at radius 3 is 2.46 bits per heavy atom. The lowest BCUT2D eigenvalue weighted by atomic mass is 10.0. The number of carbonyl (C=O) groups is 2. The number of aromatic hydroxyl groups is 1. The number of esters is 1. The van der Waals surface area contributed by atoms with Crippen molar-refractivity contribution >= 4 is 11.9 Å². The van der Waals surface area contributed by atoms with Gasteiger partial charge in [-0.2, -0.15) is 0 Å². The van der Waals surface area contributed by atoms with Crippen molar-refractivity contribution < 1.29 is 37.3 Å². The summed E-state index contributed by atoms with van der Waals surface area (Å²) in [5, 5.41) is 11.9. The van der Waals surface area contributed by atoms with Crippen LogP contribution in [0, 0.1) is 5.92 Å². The third-order valence-electron chi connectivity index (χ3n) is 3.22. The molecule has 0 spiro atoms. The van der Waals surface area contributed by atoms with Crippen LogP contribution < -0.4 is 10.1 Å². The highest BCUT2D eigenvalue weighted by molar-refractivity contribution is 5.98. The van der Waals surface area contributed by atoms with Gasteiger partial charge in [-0.3, -0.25) is 9.59 Å². The van der Waals surface area contributed by atoms with Crippen LogP contribution in [0.25, 0.3) is 0 Å². The molecule has 0 aliphatic rings. The lowest BCUT2D eigenvalue weighted by molar-refractivity contribution is -0.275. The molecule has 2 atom stereocenters. The molecule has 9 heteroatoms. The van der Waals surface area contributed by atoms with Gasteiger partial charge in [-0.1, -0.05) is 6.07 Å². The van der Waals surface area contributed by atoms with E-state index in [4.69, 9.17) is 4.74 Å². The minimum absolute atomic E-state index is 0.167. The van der Waals surface area contributed by atoms with Gasteiger partial charge < -0.3 is 19.9 Å². The molecule has 1 aromatic rings. The van der Waals surface area contributed by atoms with Crippen LogP contribution >= 0.6 is 0 Å². The number of para-hydroxylation sites is 1. The Morgan fingerprint density at radius 2 is 1.92 bits per heavy atom. The lowest BCUT2D eigenvalue weighted by Gasteiger charge is -2.21. The molecule has 0 fully saturated rings. The van der Waals surface area contributed by atoms with Crippen LogP contribution in [0.5, 0.6) is 11.5 Å². The predicted octanol–water partition coefficient (Wildman–Crippen LogP) is 2.61. The molecule has 134 valence electrons. The molecule has 0 aliphatic carbocycles. The number of phenols is 1. The highest BCUT2D eigenvalue weighted by Crippen LogP contribution is 2.34. The molecular weight excluding hydrogens is 331 g/mol. The summed E-state index contributed by atoms with van der Waals surface area (Å²) in [5.74, 6) is -4.01. The molecule has 24 heavy (non-hydrogen) atoms. The molecule has 1 rings (SSSR count). The number of benzene rings is 1. The largest absolute Gasteiger partial charge is 0.573 e. The molecule has 0 bridgehead atoms. The van der Waals surface area contributed by atoms with E-state index in [0.29, 0.717) is 0 Å². The Kier molecular flexibility index (Phi) is 6.44. The highest BCUT2D eigenvalue weighted by Gasteiger charge is 2.35. The average Bonchev–Trinajstić information content (AvgIpc) is 2.47. The lowest BCUT2D eigenvalue weighted by Crippen LogP contribution is -2.41. The Labute approximate surface area is 136 Å². The molecule has 0 heterocycles. The first-order valence-electron chi connectivity index (χ1n) is 7.12. The fourth-order valence-corrected chi connectivity index (χ4v) is 1.81. The maximum atomic E-state index is 12.4. The standard InChI is InChI=1S/C15H18F3NO5/c1-4-23-14(22)8(2)9(3)19-13(21)10-6-5-7-11(20)12(10)24-15(16,17)18/h5-9,20H,4H2,1-3H3,(H,19,21)/t8-,9-/m1/s1. The van der Waals surface area contributed by atoms with Crippen molar-refractivity contribution in [3.63, 3.8) is 0 Å². The van der Waals surface area contributed by atoms with Crippen LogP contribution in [0.1, 0.15) is 31.1 Å². The van der Waals surface area contributed by atoms with Crippen LogP contribution in [-0.2, 0) is 9.53 Å². The first kappa shape index (κ1) is 19.6. The van der Waals surface area contributed by atoms with Gasteiger partial charge >= 0.3 is 12.3 Å². The molecule has 0 saturated carbocycles. The smallest absolute Gasteiger partial charge is 0.504 e. The third-order valence-corrected chi connectivity index (χ3v) is 3.22. The van der Waals surface area contributed by atoms with Crippen LogP contribution in [0.3, 0.4) is 0 Å². The second-order valence-electron chi connectivity index (χ2n) is 5.00. The average molecular weight is 349 g/mol. The van der Waals surface area contributed by atoms with Crippen molar-refractivity contribution in [2.75, 3.05) is 6.61 Å². The number of nitrogens with one attached hydrogen (secondary N) is 1. The van der Waals surface area contributed by atoms with Crippen molar-refractivity contribution in [2.24, 2.45) is 5.92 Å². The van der Waals surface area contributed by atoms with E-state index in [1.165, 1.54) is 19.9 Å². The molecule has 1 aromatic carbocycles. The predicted molar refractivity (Wildman–Crippen MR) is 77.5 cm³/mol. The summed E-state index contributed by atoms with van der Waals surface area (Å²) in [6.45, 7) is 4.81. The summed E-state index contributed by atoms with van der Waals surface area (Å²) in [7, 11) is 0. The van der Waals surface area contributed by atoms with Crippen LogP contribution in [0.15, 0.2) is 18.2 Å². The van der Waals surface area contributed by atoms with Gasteiger partial charge in [-0.15, -0.1) is 13.2 Å². The van der Waals surface area contributed by atoms with E-state index in [0.717, 1.165) is 12.1 Å². The van der Waals surface area contributed by atoms with Gasteiger partial charge in [0.05, 0.1) is 18.1 Å². The number of alkyl halides is 3. The normalized spacial score (nSPS) is 13.8. The number of carbonyl (C=O) groups excluding carboxylic acids is 2. The number of phenolic OH excluding ortho intramolecular Hbond substituents is 1. The minimum Gasteiger partial charge on any atom is -0.504 e. The number of hydrogen-bond acceptors (Lipinski definition) is 5. The third kappa shape index (κ3) is 5.32. The van der Waals surface area contributed by atoms with Crippen LogP contribution in [0.4, 0.5) is 13.2 Å². The molecular formula is C15H18F3NO5. The van der Waals surface area contributed by atoms with Gasteiger partial charge in [0.15, 0.2) is 11.5 Å². The summed E-state index contributed by atoms with van der Waals surface area (Å²) >= 11 is 0. The van der Waals surface area contributed by atoms with E-state index in [1.54, 1.807) is 6.92 Å². The minimum atomic E-state index is -5.07. The van der Waals surface area contributed by atoms with E-state index in [2.05, 4.69) is 10.1 Å². The van der Waals surface area contributed by atoms with Crippen LogP contribution in [0.2, 0.25) is 0 Å². The second kappa shape index (κ2) is 7.89. The SMILES string of the molecule is CCOC(=O)[C@H](C)[C@@H](C)NC(=O)c1cccc(O)c1OC(F)(F)F. The first-order valence-corrected chi connectivity index (χ1v) is 7.12. The number of amides is 1. The van der Waals surface area contributed by atoms with E-state index in [1.807, 2.05) is 0 Å². The molecule has 0 unspecified atom stereocenters. The summed E-state index contributed by atoms with van der Waals surface area (Å²) in [6.07, 6.45) is -5.07. The van der Waals surface area contributed by atoms with Gasteiger partial charge in [0.2, 0.25) is 0 Å². The summed E-state index contributed by atoms with van der Waals surface area (Å²) in [5.41, 5.74) is -0.504. The fraction of sp³-hybridized carbons (Fsp3) is 0.467. The van der Waals surface area contributed by atoms with Crippen molar-refractivity contribution in [3.05, 3.63) is 23.8 Å². The number of rotatable bonds is 6.